The number of carbonyl (C=O) groups excluding carboxylic acids is 2. The van der Waals surface area contributed by atoms with Gasteiger partial charge in [-0.3, -0.25) is 4.79 Å². The molecule has 14 heavy (non-hydrogen) atoms. The molecule has 0 saturated heterocycles. The van der Waals surface area contributed by atoms with E-state index in [1.54, 1.807) is 6.92 Å². The molecule has 0 aliphatic rings. The number of ether oxygens (including phenoxy) is 1. The fraction of sp³-hybridized carbons (Fsp3) is 0.667. The first-order valence-electron chi connectivity index (χ1n) is 4.25. The zero-order valence-electron chi connectivity index (χ0n) is 8.53. The average Bonchev–Trinajstić information content (AvgIpc) is 2.14. The van der Waals surface area contributed by atoms with Crippen molar-refractivity contribution in [3.8, 4) is 6.07 Å². The summed E-state index contributed by atoms with van der Waals surface area (Å²) < 4.78 is 4.50. The van der Waals surface area contributed by atoms with Crippen molar-refractivity contribution in [2.24, 2.45) is 5.92 Å². The molecule has 0 aliphatic heterocycles. The molecule has 0 radical (unpaired) electrons. The number of nitrogens with one attached hydrogen (secondary N) is 1. The van der Waals surface area contributed by atoms with E-state index in [1.807, 2.05) is 6.07 Å². The second-order valence-corrected chi connectivity index (χ2v) is 3.04. The Kier molecular flexibility index (Phi) is 5.30. The van der Waals surface area contributed by atoms with Crippen LogP contribution in [-0.4, -0.2) is 25.0 Å². The molecule has 5 heteroatoms. The Bertz CT molecular complexity index is 257. The maximum atomic E-state index is 11.2. The van der Waals surface area contributed by atoms with Crippen LogP contribution >= 0.6 is 0 Å². The van der Waals surface area contributed by atoms with Crippen LogP contribution in [-0.2, 0) is 14.3 Å². The molecule has 78 valence electrons. The minimum atomic E-state index is -0.729. The number of methoxy groups -OCH3 is 1. The van der Waals surface area contributed by atoms with Crippen molar-refractivity contribution in [1.82, 2.24) is 5.32 Å². The first-order valence-corrected chi connectivity index (χ1v) is 4.25. The van der Waals surface area contributed by atoms with Gasteiger partial charge < -0.3 is 10.1 Å². The van der Waals surface area contributed by atoms with Gasteiger partial charge in [0.25, 0.3) is 0 Å². The Balaban J connectivity index is 4.33. The van der Waals surface area contributed by atoms with E-state index < -0.39 is 12.0 Å². The fourth-order valence-electron chi connectivity index (χ4n) is 1.01. The van der Waals surface area contributed by atoms with Crippen molar-refractivity contribution in [1.29, 1.82) is 5.26 Å². The summed E-state index contributed by atoms with van der Waals surface area (Å²) in [6.07, 6.45) is 0.267. The van der Waals surface area contributed by atoms with Gasteiger partial charge >= 0.3 is 5.97 Å². The van der Waals surface area contributed by atoms with Gasteiger partial charge in [-0.25, -0.2) is 4.79 Å². The molecule has 0 unspecified atom stereocenters. The summed E-state index contributed by atoms with van der Waals surface area (Å²) in [5.74, 6) is -1.14. The van der Waals surface area contributed by atoms with Gasteiger partial charge in [-0.05, 0) is 13.3 Å². The van der Waals surface area contributed by atoms with E-state index in [2.05, 4.69) is 10.1 Å². The highest BCUT2D eigenvalue weighted by Gasteiger charge is 2.22. The van der Waals surface area contributed by atoms with Crippen LogP contribution in [0.4, 0.5) is 0 Å². The van der Waals surface area contributed by atoms with Crippen LogP contribution < -0.4 is 5.32 Å². The van der Waals surface area contributed by atoms with Gasteiger partial charge in [-0.15, -0.1) is 0 Å². The van der Waals surface area contributed by atoms with Crippen molar-refractivity contribution >= 4 is 11.9 Å². The van der Waals surface area contributed by atoms with Crippen LogP contribution in [0.1, 0.15) is 20.3 Å². The first kappa shape index (κ1) is 12.4. The maximum Gasteiger partial charge on any atom is 0.328 e. The fourth-order valence-corrected chi connectivity index (χ4v) is 1.01. The smallest absolute Gasteiger partial charge is 0.328 e. The van der Waals surface area contributed by atoms with Gasteiger partial charge in [0.05, 0.1) is 13.2 Å². The summed E-state index contributed by atoms with van der Waals surface area (Å²) in [5.41, 5.74) is 0. The van der Waals surface area contributed by atoms with Crippen LogP contribution in [0.3, 0.4) is 0 Å². The summed E-state index contributed by atoms with van der Waals surface area (Å²) in [6, 6.07) is 1.26. The second-order valence-electron chi connectivity index (χ2n) is 3.04. The highest BCUT2D eigenvalue weighted by molar-refractivity contribution is 5.83. The Morgan fingerprint density at radius 3 is 2.50 bits per heavy atom. The molecule has 0 spiro atoms. The predicted octanol–water partition coefficient (Wildman–Crippen LogP) is 0.214. The van der Waals surface area contributed by atoms with Crippen LogP contribution in [0.25, 0.3) is 0 Å². The number of nitriles is 1. The third-order valence-electron chi connectivity index (χ3n) is 1.67. The quantitative estimate of drug-likeness (QED) is 0.655. The maximum absolute atomic E-state index is 11.2. The minimum absolute atomic E-state index is 0.267. The molecule has 0 aromatic rings. The van der Waals surface area contributed by atoms with Gasteiger partial charge in [0.2, 0.25) is 5.91 Å². The average molecular weight is 198 g/mol. The molecule has 0 bridgehead atoms. The van der Waals surface area contributed by atoms with Crippen molar-refractivity contribution in [3.05, 3.63) is 0 Å². The molecule has 0 heterocycles. The van der Waals surface area contributed by atoms with E-state index >= 15 is 0 Å². The number of hydrogen-bond donors (Lipinski definition) is 1. The van der Waals surface area contributed by atoms with E-state index in [0.717, 1.165) is 0 Å². The Morgan fingerprint density at radius 1 is 1.57 bits per heavy atom. The number of carbonyl (C=O) groups is 2. The minimum Gasteiger partial charge on any atom is -0.467 e. The molecular weight excluding hydrogens is 184 g/mol. The molecular formula is C9H14N2O3. The van der Waals surface area contributed by atoms with E-state index in [0.29, 0.717) is 0 Å². The highest BCUT2D eigenvalue weighted by Crippen LogP contribution is 2.05. The van der Waals surface area contributed by atoms with Gasteiger partial charge in [0.1, 0.15) is 6.04 Å². The summed E-state index contributed by atoms with van der Waals surface area (Å²) in [7, 11) is 1.24. The Labute approximate surface area is 83.0 Å². The molecule has 0 saturated carbocycles. The normalized spacial score (nSPS) is 13.6. The number of rotatable bonds is 4. The second kappa shape index (κ2) is 5.97. The third-order valence-corrected chi connectivity index (χ3v) is 1.67. The molecule has 1 amide bonds. The third kappa shape index (κ3) is 4.45. The lowest BCUT2D eigenvalue weighted by Gasteiger charge is -2.15. The zero-order chi connectivity index (χ0) is 11.1. The van der Waals surface area contributed by atoms with Crippen LogP contribution in [0.15, 0.2) is 0 Å². The van der Waals surface area contributed by atoms with E-state index in [-0.39, 0.29) is 18.2 Å². The lowest BCUT2D eigenvalue weighted by Crippen LogP contribution is -2.41. The van der Waals surface area contributed by atoms with Gasteiger partial charge in [0, 0.05) is 12.8 Å². The molecule has 0 aromatic carbocycles. The van der Waals surface area contributed by atoms with Crippen LogP contribution in [0, 0.1) is 17.2 Å². The van der Waals surface area contributed by atoms with Crippen molar-refractivity contribution in [2.75, 3.05) is 7.11 Å². The predicted molar refractivity (Wildman–Crippen MR) is 49.0 cm³/mol. The number of amides is 1. The van der Waals surface area contributed by atoms with Crippen molar-refractivity contribution in [2.45, 2.75) is 26.3 Å². The Hall–Kier alpha value is -1.57. The van der Waals surface area contributed by atoms with Crippen molar-refractivity contribution in [3.63, 3.8) is 0 Å². The lowest BCUT2D eigenvalue weighted by molar-refractivity contribution is -0.145. The first-order chi connectivity index (χ1) is 6.51. The van der Waals surface area contributed by atoms with E-state index in [9.17, 15) is 9.59 Å². The highest BCUT2D eigenvalue weighted by atomic mass is 16.5. The van der Waals surface area contributed by atoms with Crippen molar-refractivity contribution < 1.29 is 14.3 Å². The number of nitrogens with zero attached hydrogens (tertiary/aromatic N) is 1. The summed E-state index contributed by atoms with van der Waals surface area (Å²) in [5, 5.41) is 11.0. The molecule has 0 aromatic heterocycles. The van der Waals surface area contributed by atoms with Gasteiger partial charge in [-0.1, -0.05) is 0 Å². The molecule has 0 aliphatic carbocycles. The lowest BCUT2D eigenvalue weighted by atomic mass is 10.0. The zero-order valence-corrected chi connectivity index (χ0v) is 8.53. The molecule has 2 atom stereocenters. The summed E-state index contributed by atoms with van der Waals surface area (Å²) in [4.78, 5) is 21.9. The summed E-state index contributed by atoms with van der Waals surface area (Å²) in [6.45, 7) is 2.99. The molecule has 0 fully saturated rings. The standard InChI is InChI=1S/C9H14N2O3/c1-6(5-10)4-8(9(13)14-3)11-7(2)12/h6,8H,4H2,1-3H3,(H,11,12)/t6-,8+/m1/s1. The summed E-state index contributed by atoms with van der Waals surface area (Å²) >= 11 is 0. The molecule has 5 nitrogen and oxygen atoms in total. The van der Waals surface area contributed by atoms with E-state index in [4.69, 9.17) is 5.26 Å². The molecule has 0 rings (SSSR count). The van der Waals surface area contributed by atoms with Gasteiger partial charge in [0.15, 0.2) is 0 Å². The molecule has 1 N–H and O–H groups in total. The van der Waals surface area contributed by atoms with E-state index in [1.165, 1.54) is 14.0 Å². The topological polar surface area (TPSA) is 79.2 Å². The van der Waals surface area contributed by atoms with Gasteiger partial charge in [-0.2, -0.15) is 5.26 Å². The number of esters is 1. The monoisotopic (exact) mass is 198 g/mol. The SMILES string of the molecule is COC(=O)[C@H](C[C@@H](C)C#N)NC(C)=O. The Morgan fingerprint density at radius 2 is 2.14 bits per heavy atom. The van der Waals surface area contributed by atoms with Crippen LogP contribution in [0.2, 0.25) is 0 Å². The van der Waals surface area contributed by atoms with Crippen LogP contribution in [0.5, 0.6) is 0 Å². The number of hydrogen-bond acceptors (Lipinski definition) is 4. The largest absolute Gasteiger partial charge is 0.467 e.